The van der Waals surface area contributed by atoms with Crippen molar-refractivity contribution in [1.82, 2.24) is 10.3 Å². The largest absolute Gasteiger partial charge is 0.573 e. The van der Waals surface area contributed by atoms with Gasteiger partial charge in [0.25, 0.3) is 0 Å². The number of hydrogen-bond donors (Lipinski definition) is 2. The quantitative estimate of drug-likeness (QED) is 0.349. The summed E-state index contributed by atoms with van der Waals surface area (Å²) in [6.07, 6.45) is -2.99. The first kappa shape index (κ1) is 19.9. The summed E-state index contributed by atoms with van der Waals surface area (Å²) in [6.45, 7) is 0.923. The molecule has 3 aromatic rings. The molecule has 0 aliphatic carbocycles. The SMILES string of the molecule is NC(=NCc1ccc(OC(F)(F)F)cc1)NCCCc1nc2ccccc2s1. The van der Waals surface area contributed by atoms with Crippen LogP contribution in [-0.4, -0.2) is 23.9 Å². The molecule has 5 nitrogen and oxygen atoms in total. The number of guanidine groups is 1. The Bertz CT molecular complexity index is 905. The number of rotatable bonds is 7. The van der Waals surface area contributed by atoms with Crippen LogP contribution in [0.5, 0.6) is 5.75 Å². The van der Waals surface area contributed by atoms with E-state index in [0.29, 0.717) is 12.5 Å². The Morgan fingerprint density at radius 3 is 2.61 bits per heavy atom. The van der Waals surface area contributed by atoms with E-state index >= 15 is 0 Å². The summed E-state index contributed by atoms with van der Waals surface area (Å²) in [6, 6.07) is 13.6. The molecule has 148 valence electrons. The van der Waals surface area contributed by atoms with Gasteiger partial charge in [0.05, 0.1) is 21.8 Å². The number of benzene rings is 2. The normalized spacial score (nSPS) is 12.3. The van der Waals surface area contributed by atoms with Gasteiger partial charge in [-0.15, -0.1) is 24.5 Å². The molecule has 0 aliphatic heterocycles. The first-order valence-electron chi connectivity index (χ1n) is 8.62. The molecule has 28 heavy (non-hydrogen) atoms. The van der Waals surface area contributed by atoms with Gasteiger partial charge >= 0.3 is 6.36 Å². The molecule has 9 heteroatoms. The molecule has 0 aliphatic rings. The highest BCUT2D eigenvalue weighted by Crippen LogP contribution is 2.23. The van der Waals surface area contributed by atoms with Crippen LogP contribution in [0.2, 0.25) is 0 Å². The van der Waals surface area contributed by atoms with E-state index in [1.54, 1.807) is 11.3 Å². The summed E-state index contributed by atoms with van der Waals surface area (Å²) in [5, 5.41) is 4.11. The molecule has 3 rings (SSSR count). The average molecular weight is 408 g/mol. The zero-order chi connectivity index (χ0) is 20.0. The van der Waals surface area contributed by atoms with Gasteiger partial charge < -0.3 is 15.8 Å². The highest BCUT2D eigenvalue weighted by molar-refractivity contribution is 7.18. The molecule has 2 aromatic carbocycles. The van der Waals surface area contributed by atoms with Gasteiger partial charge in [0, 0.05) is 13.0 Å². The first-order valence-corrected chi connectivity index (χ1v) is 9.44. The third-order valence-electron chi connectivity index (χ3n) is 3.80. The number of para-hydroxylation sites is 1. The lowest BCUT2D eigenvalue weighted by atomic mass is 10.2. The standard InChI is InChI=1S/C19H19F3N4OS/c20-19(21,22)27-14-9-7-13(8-10-14)12-25-18(23)24-11-3-6-17-26-15-4-1-2-5-16(15)28-17/h1-2,4-5,7-10H,3,6,11-12H2,(H3,23,24,25). The van der Waals surface area contributed by atoms with Gasteiger partial charge in [-0.1, -0.05) is 24.3 Å². The summed E-state index contributed by atoms with van der Waals surface area (Å²) in [5.74, 6) is 0.0288. The Morgan fingerprint density at radius 2 is 1.89 bits per heavy atom. The van der Waals surface area contributed by atoms with Crippen molar-refractivity contribution in [3.05, 3.63) is 59.1 Å². The Kier molecular flexibility index (Phi) is 6.35. The Labute approximate surface area is 164 Å². The highest BCUT2D eigenvalue weighted by atomic mass is 32.1. The van der Waals surface area contributed by atoms with E-state index in [-0.39, 0.29) is 12.3 Å². The van der Waals surface area contributed by atoms with E-state index in [0.717, 1.165) is 28.9 Å². The fourth-order valence-corrected chi connectivity index (χ4v) is 3.52. The van der Waals surface area contributed by atoms with Crippen LogP contribution in [0.4, 0.5) is 13.2 Å². The second-order valence-electron chi connectivity index (χ2n) is 6.00. The van der Waals surface area contributed by atoms with Gasteiger partial charge in [-0.25, -0.2) is 9.98 Å². The molecule has 0 unspecified atom stereocenters. The van der Waals surface area contributed by atoms with Crippen molar-refractivity contribution in [1.29, 1.82) is 0 Å². The van der Waals surface area contributed by atoms with Crippen molar-refractivity contribution in [3.8, 4) is 5.75 Å². The van der Waals surface area contributed by atoms with Crippen molar-refractivity contribution >= 4 is 27.5 Å². The van der Waals surface area contributed by atoms with Crippen LogP contribution < -0.4 is 15.8 Å². The molecule has 0 radical (unpaired) electrons. The molecule has 0 fully saturated rings. The number of nitrogens with two attached hydrogens (primary N) is 1. The number of aromatic nitrogens is 1. The molecule has 0 saturated carbocycles. The summed E-state index contributed by atoms with van der Waals surface area (Å²) < 4.78 is 41.4. The average Bonchev–Trinajstić information content (AvgIpc) is 3.06. The Morgan fingerprint density at radius 1 is 1.14 bits per heavy atom. The van der Waals surface area contributed by atoms with Crippen LogP contribution in [0.25, 0.3) is 10.2 Å². The van der Waals surface area contributed by atoms with Crippen molar-refractivity contribution in [3.63, 3.8) is 0 Å². The number of nitrogens with zero attached hydrogens (tertiary/aromatic N) is 2. The molecular formula is C19H19F3N4OS. The van der Waals surface area contributed by atoms with Crippen LogP contribution >= 0.6 is 11.3 Å². The van der Waals surface area contributed by atoms with E-state index in [2.05, 4.69) is 26.1 Å². The van der Waals surface area contributed by atoms with Crippen molar-refractivity contribution < 1.29 is 17.9 Å². The monoisotopic (exact) mass is 408 g/mol. The number of hydrogen-bond acceptors (Lipinski definition) is 4. The molecule has 0 amide bonds. The number of fused-ring (bicyclic) bond motifs is 1. The van der Waals surface area contributed by atoms with Crippen molar-refractivity contribution in [2.75, 3.05) is 6.54 Å². The number of aliphatic imine (C=N–C) groups is 1. The Balaban J connectivity index is 1.40. The van der Waals surface area contributed by atoms with E-state index < -0.39 is 6.36 Å². The van der Waals surface area contributed by atoms with Gasteiger partial charge in [-0.05, 0) is 36.2 Å². The van der Waals surface area contributed by atoms with Crippen LogP contribution in [0, 0.1) is 0 Å². The predicted octanol–water partition coefficient (Wildman–Crippen LogP) is 4.23. The van der Waals surface area contributed by atoms with E-state index in [9.17, 15) is 13.2 Å². The maximum Gasteiger partial charge on any atom is 0.573 e. The summed E-state index contributed by atoms with van der Waals surface area (Å²) in [7, 11) is 0. The van der Waals surface area contributed by atoms with E-state index in [4.69, 9.17) is 5.73 Å². The molecule has 0 spiro atoms. The maximum absolute atomic E-state index is 12.1. The van der Waals surface area contributed by atoms with Gasteiger partial charge in [0.15, 0.2) is 5.96 Å². The molecular weight excluding hydrogens is 389 g/mol. The summed E-state index contributed by atoms with van der Waals surface area (Å²) >= 11 is 1.69. The van der Waals surface area contributed by atoms with E-state index in [1.165, 1.54) is 29.0 Å². The molecule has 1 aromatic heterocycles. The maximum atomic E-state index is 12.1. The van der Waals surface area contributed by atoms with Crippen LogP contribution in [0.15, 0.2) is 53.5 Å². The fraction of sp³-hybridized carbons (Fsp3) is 0.263. The number of ether oxygens (including phenoxy) is 1. The number of halogens is 3. The lowest BCUT2D eigenvalue weighted by molar-refractivity contribution is -0.274. The molecule has 3 N–H and O–H groups in total. The minimum Gasteiger partial charge on any atom is -0.406 e. The minimum absolute atomic E-state index is 0.263. The molecule has 0 atom stereocenters. The number of alkyl halides is 3. The first-order chi connectivity index (χ1) is 13.4. The van der Waals surface area contributed by atoms with E-state index in [1.807, 2.05) is 18.2 Å². The number of nitrogens with one attached hydrogen (secondary N) is 1. The van der Waals surface area contributed by atoms with Gasteiger partial charge in [-0.3, -0.25) is 0 Å². The van der Waals surface area contributed by atoms with Crippen molar-refractivity contribution in [2.45, 2.75) is 25.7 Å². The third kappa shape index (κ3) is 6.12. The zero-order valence-corrected chi connectivity index (χ0v) is 15.7. The smallest absolute Gasteiger partial charge is 0.406 e. The third-order valence-corrected chi connectivity index (χ3v) is 4.90. The van der Waals surface area contributed by atoms with Gasteiger partial charge in [0.2, 0.25) is 0 Å². The van der Waals surface area contributed by atoms with Crippen LogP contribution in [0.1, 0.15) is 17.0 Å². The Hall–Kier alpha value is -2.81. The van der Waals surface area contributed by atoms with Gasteiger partial charge in [0.1, 0.15) is 5.75 Å². The fourth-order valence-electron chi connectivity index (χ4n) is 2.51. The van der Waals surface area contributed by atoms with Crippen LogP contribution in [0.3, 0.4) is 0 Å². The second kappa shape index (κ2) is 8.92. The van der Waals surface area contributed by atoms with Crippen LogP contribution in [-0.2, 0) is 13.0 Å². The number of thiazole rings is 1. The topological polar surface area (TPSA) is 72.5 Å². The molecule has 1 heterocycles. The highest BCUT2D eigenvalue weighted by Gasteiger charge is 2.30. The minimum atomic E-state index is -4.70. The number of aryl methyl sites for hydroxylation is 1. The molecule has 0 saturated heterocycles. The molecule has 0 bridgehead atoms. The zero-order valence-electron chi connectivity index (χ0n) is 14.9. The summed E-state index contributed by atoms with van der Waals surface area (Å²) in [4.78, 5) is 8.77. The van der Waals surface area contributed by atoms with Gasteiger partial charge in [-0.2, -0.15) is 0 Å². The lowest BCUT2D eigenvalue weighted by Gasteiger charge is -2.09. The lowest BCUT2D eigenvalue weighted by Crippen LogP contribution is -2.32. The van der Waals surface area contributed by atoms with Crippen molar-refractivity contribution in [2.24, 2.45) is 10.7 Å². The summed E-state index contributed by atoms with van der Waals surface area (Å²) in [5.41, 5.74) is 7.58. The second-order valence-corrected chi connectivity index (χ2v) is 7.11. The predicted molar refractivity (Wildman–Crippen MR) is 104 cm³/mol.